The zero-order valence-corrected chi connectivity index (χ0v) is 13.4. The number of aryl methyl sites for hydroxylation is 1. The Bertz CT molecular complexity index is 473. The lowest BCUT2D eigenvalue weighted by atomic mass is 9.92. The Morgan fingerprint density at radius 1 is 1.43 bits per heavy atom. The maximum Gasteiger partial charge on any atom is 0.269 e. The van der Waals surface area contributed by atoms with E-state index in [0.29, 0.717) is 17.7 Å². The number of carbonyl (C=O) groups excluding carboxylic acids is 1. The van der Waals surface area contributed by atoms with Crippen molar-refractivity contribution in [2.24, 2.45) is 11.7 Å². The zero-order chi connectivity index (χ0) is 15.4. The van der Waals surface area contributed by atoms with E-state index in [0.717, 1.165) is 44.3 Å². The van der Waals surface area contributed by atoms with Crippen molar-refractivity contribution in [3.05, 3.63) is 17.5 Å². The van der Waals surface area contributed by atoms with Gasteiger partial charge in [-0.05, 0) is 51.0 Å². The van der Waals surface area contributed by atoms with E-state index in [1.54, 1.807) is 0 Å². The molecule has 0 spiro atoms. The van der Waals surface area contributed by atoms with Gasteiger partial charge in [0.2, 0.25) is 0 Å². The zero-order valence-electron chi connectivity index (χ0n) is 13.4. The lowest BCUT2D eigenvalue weighted by molar-refractivity contribution is 0.0915. The van der Waals surface area contributed by atoms with Gasteiger partial charge in [0, 0.05) is 18.6 Å². The van der Waals surface area contributed by atoms with Crippen LogP contribution in [0.3, 0.4) is 0 Å². The lowest BCUT2D eigenvalue weighted by Gasteiger charge is -2.26. The second kappa shape index (κ2) is 7.07. The molecule has 0 saturated heterocycles. The van der Waals surface area contributed by atoms with E-state index in [9.17, 15) is 4.79 Å². The molecular weight excluding hydrogens is 264 g/mol. The normalized spacial score (nSPS) is 22.5. The van der Waals surface area contributed by atoms with Crippen molar-refractivity contribution in [3.8, 4) is 0 Å². The molecule has 2 rings (SSSR count). The fraction of sp³-hybridized carbons (Fsp3) is 0.750. The summed E-state index contributed by atoms with van der Waals surface area (Å²) in [5.41, 5.74) is 7.59. The third-order valence-electron chi connectivity index (χ3n) is 4.09. The van der Waals surface area contributed by atoms with Crippen molar-refractivity contribution in [3.63, 3.8) is 0 Å². The largest absolute Gasteiger partial charge is 0.348 e. The number of carbonyl (C=O) groups is 1. The molecule has 0 aliphatic heterocycles. The van der Waals surface area contributed by atoms with Crippen LogP contribution in [0.1, 0.15) is 62.6 Å². The number of nitrogens with two attached hydrogens (primary N) is 1. The van der Waals surface area contributed by atoms with E-state index in [-0.39, 0.29) is 11.9 Å². The first-order chi connectivity index (χ1) is 9.99. The smallest absolute Gasteiger partial charge is 0.269 e. The summed E-state index contributed by atoms with van der Waals surface area (Å²) in [4.78, 5) is 12.5. The maximum absolute atomic E-state index is 12.5. The predicted molar refractivity (Wildman–Crippen MR) is 84.1 cm³/mol. The Morgan fingerprint density at radius 3 is 2.67 bits per heavy atom. The summed E-state index contributed by atoms with van der Waals surface area (Å²) in [6.45, 7) is 7.06. The van der Waals surface area contributed by atoms with Crippen LogP contribution in [0.15, 0.2) is 6.07 Å². The number of amides is 1. The van der Waals surface area contributed by atoms with Crippen LogP contribution in [-0.2, 0) is 13.0 Å². The summed E-state index contributed by atoms with van der Waals surface area (Å²) in [5.74, 6) is 0.542. The third-order valence-corrected chi connectivity index (χ3v) is 4.09. The molecule has 1 fully saturated rings. The predicted octanol–water partition coefficient (Wildman–Crippen LogP) is 2.10. The molecule has 1 amide bonds. The molecule has 0 radical (unpaired) electrons. The number of nitrogens with one attached hydrogen (secondary N) is 1. The van der Waals surface area contributed by atoms with Crippen LogP contribution in [-0.4, -0.2) is 27.8 Å². The van der Waals surface area contributed by atoms with Gasteiger partial charge in [0.15, 0.2) is 0 Å². The SMILES string of the molecule is CCn1nc(CC(C)C)cc1C(=O)NC1CCC(N)CC1. The standard InChI is InChI=1S/C16H28N4O/c1-4-20-15(10-14(19-20)9-11(2)3)16(21)18-13-7-5-12(17)6-8-13/h10-13H,4-9,17H2,1-3H3,(H,18,21). The average Bonchev–Trinajstić information content (AvgIpc) is 2.83. The van der Waals surface area contributed by atoms with Gasteiger partial charge in [-0.2, -0.15) is 5.10 Å². The minimum absolute atomic E-state index is 0.000160. The molecule has 0 atom stereocenters. The van der Waals surface area contributed by atoms with Gasteiger partial charge in [-0.15, -0.1) is 0 Å². The minimum atomic E-state index is -0.000160. The first-order valence-corrected chi connectivity index (χ1v) is 8.12. The summed E-state index contributed by atoms with van der Waals surface area (Å²) < 4.78 is 1.81. The summed E-state index contributed by atoms with van der Waals surface area (Å²) >= 11 is 0. The molecule has 1 aliphatic carbocycles. The highest BCUT2D eigenvalue weighted by Crippen LogP contribution is 2.18. The molecule has 1 aromatic heterocycles. The van der Waals surface area contributed by atoms with Gasteiger partial charge in [-0.1, -0.05) is 13.8 Å². The van der Waals surface area contributed by atoms with Gasteiger partial charge in [-0.25, -0.2) is 0 Å². The Hall–Kier alpha value is -1.36. The molecule has 1 heterocycles. The van der Waals surface area contributed by atoms with Crippen molar-refractivity contribution in [1.82, 2.24) is 15.1 Å². The second-order valence-corrected chi connectivity index (χ2v) is 6.52. The summed E-state index contributed by atoms with van der Waals surface area (Å²) in [6, 6.07) is 2.50. The first-order valence-electron chi connectivity index (χ1n) is 8.12. The van der Waals surface area contributed by atoms with E-state index in [1.165, 1.54) is 0 Å². The highest BCUT2D eigenvalue weighted by molar-refractivity contribution is 5.92. The van der Waals surface area contributed by atoms with Crippen LogP contribution in [0, 0.1) is 5.92 Å². The third kappa shape index (κ3) is 4.30. The average molecular weight is 292 g/mol. The fourth-order valence-corrected chi connectivity index (χ4v) is 2.93. The number of nitrogens with zero attached hydrogens (tertiary/aromatic N) is 2. The molecule has 21 heavy (non-hydrogen) atoms. The molecule has 0 bridgehead atoms. The number of hydrogen-bond acceptors (Lipinski definition) is 3. The molecule has 5 nitrogen and oxygen atoms in total. The van der Waals surface area contributed by atoms with Crippen molar-refractivity contribution >= 4 is 5.91 Å². The van der Waals surface area contributed by atoms with Crippen molar-refractivity contribution in [2.75, 3.05) is 0 Å². The molecule has 0 aromatic carbocycles. The van der Waals surface area contributed by atoms with Crippen molar-refractivity contribution in [1.29, 1.82) is 0 Å². The van der Waals surface area contributed by atoms with Crippen LogP contribution in [0.25, 0.3) is 0 Å². The monoisotopic (exact) mass is 292 g/mol. The second-order valence-electron chi connectivity index (χ2n) is 6.52. The lowest BCUT2D eigenvalue weighted by Crippen LogP contribution is -2.41. The number of aromatic nitrogens is 2. The summed E-state index contributed by atoms with van der Waals surface area (Å²) in [7, 11) is 0. The molecule has 1 saturated carbocycles. The molecule has 1 aromatic rings. The fourth-order valence-electron chi connectivity index (χ4n) is 2.93. The molecule has 1 aliphatic rings. The van der Waals surface area contributed by atoms with E-state index in [4.69, 9.17) is 5.73 Å². The van der Waals surface area contributed by atoms with Gasteiger partial charge < -0.3 is 11.1 Å². The van der Waals surface area contributed by atoms with Crippen molar-refractivity contribution < 1.29 is 4.79 Å². The molecule has 118 valence electrons. The molecular formula is C16H28N4O. The quantitative estimate of drug-likeness (QED) is 0.873. The van der Waals surface area contributed by atoms with Crippen LogP contribution in [0.4, 0.5) is 0 Å². The first kappa shape index (κ1) is 16.0. The topological polar surface area (TPSA) is 72.9 Å². The highest BCUT2D eigenvalue weighted by Gasteiger charge is 2.22. The Balaban J connectivity index is 2.02. The van der Waals surface area contributed by atoms with E-state index >= 15 is 0 Å². The van der Waals surface area contributed by atoms with E-state index < -0.39 is 0 Å². The van der Waals surface area contributed by atoms with Crippen LogP contribution in [0.5, 0.6) is 0 Å². The number of hydrogen-bond donors (Lipinski definition) is 2. The van der Waals surface area contributed by atoms with Gasteiger partial charge in [0.05, 0.1) is 5.69 Å². The number of rotatable bonds is 5. The van der Waals surface area contributed by atoms with Gasteiger partial charge in [-0.3, -0.25) is 9.48 Å². The Kier molecular flexibility index (Phi) is 5.39. The van der Waals surface area contributed by atoms with Crippen molar-refractivity contribution in [2.45, 2.75) is 71.5 Å². The Labute approximate surface area is 127 Å². The van der Waals surface area contributed by atoms with E-state index in [2.05, 4.69) is 24.3 Å². The van der Waals surface area contributed by atoms with E-state index in [1.807, 2.05) is 17.7 Å². The Morgan fingerprint density at radius 2 is 2.10 bits per heavy atom. The molecule has 0 unspecified atom stereocenters. The van der Waals surface area contributed by atoms with Gasteiger partial charge in [0.25, 0.3) is 5.91 Å². The van der Waals surface area contributed by atoms with Gasteiger partial charge in [0.1, 0.15) is 5.69 Å². The van der Waals surface area contributed by atoms with Crippen LogP contribution in [0.2, 0.25) is 0 Å². The van der Waals surface area contributed by atoms with Gasteiger partial charge >= 0.3 is 0 Å². The molecule has 5 heteroatoms. The molecule has 3 N–H and O–H groups in total. The summed E-state index contributed by atoms with van der Waals surface area (Å²) in [5, 5.41) is 7.67. The summed E-state index contributed by atoms with van der Waals surface area (Å²) in [6.07, 6.45) is 4.86. The highest BCUT2D eigenvalue weighted by atomic mass is 16.2. The minimum Gasteiger partial charge on any atom is -0.348 e. The maximum atomic E-state index is 12.5. The van der Waals surface area contributed by atoms with Crippen LogP contribution < -0.4 is 11.1 Å². The van der Waals surface area contributed by atoms with Crippen LogP contribution >= 0.6 is 0 Å².